The number of ether oxygens (including phenoxy) is 2. The van der Waals surface area contributed by atoms with Crippen LogP contribution in [-0.2, 0) is 21.4 Å². The number of sulfonamides is 1. The molecule has 180 valence electrons. The van der Waals surface area contributed by atoms with Gasteiger partial charge in [-0.25, -0.2) is 8.42 Å². The highest BCUT2D eigenvalue weighted by Gasteiger charge is 2.27. The van der Waals surface area contributed by atoms with Gasteiger partial charge in [-0.3, -0.25) is 9.10 Å². The van der Waals surface area contributed by atoms with Crippen LogP contribution >= 0.6 is 0 Å². The highest BCUT2D eigenvalue weighted by molar-refractivity contribution is 7.92. The lowest BCUT2D eigenvalue weighted by molar-refractivity contribution is -0.119. The maximum absolute atomic E-state index is 13.4. The van der Waals surface area contributed by atoms with Gasteiger partial charge in [-0.05, 0) is 62.7 Å². The molecule has 0 spiro atoms. The van der Waals surface area contributed by atoms with Gasteiger partial charge in [-0.1, -0.05) is 42.0 Å². The molecule has 1 N–H and O–H groups in total. The second-order valence-corrected chi connectivity index (χ2v) is 9.45. The maximum Gasteiger partial charge on any atom is 0.264 e. The van der Waals surface area contributed by atoms with Crippen molar-refractivity contribution >= 4 is 21.6 Å². The maximum atomic E-state index is 13.4. The van der Waals surface area contributed by atoms with Crippen molar-refractivity contribution in [2.45, 2.75) is 32.2 Å². The van der Waals surface area contributed by atoms with Crippen molar-refractivity contribution in [3.8, 4) is 11.5 Å². The van der Waals surface area contributed by atoms with Gasteiger partial charge in [-0.2, -0.15) is 0 Å². The molecule has 34 heavy (non-hydrogen) atoms. The van der Waals surface area contributed by atoms with Crippen LogP contribution in [0, 0.1) is 6.92 Å². The zero-order chi connectivity index (χ0) is 24.6. The first-order valence-electron chi connectivity index (χ1n) is 11.1. The zero-order valence-corrected chi connectivity index (χ0v) is 20.5. The minimum atomic E-state index is -3.94. The number of anilines is 1. The Kier molecular flexibility index (Phi) is 8.54. The van der Waals surface area contributed by atoms with Crippen molar-refractivity contribution in [1.29, 1.82) is 0 Å². The number of carbonyl (C=O) groups excluding carboxylic acids is 1. The molecule has 8 heteroatoms. The van der Waals surface area contributed by atoms with Gasteiger partial charge in [0.25, 0.3) is 10.0 Å². The van der Waals surface area contributed by atoms with Crippen LogP contribution in [0.5, 0.6) is 11.5 Å². The number of hydrogen-bond acceptors (Lipinski definition) is 5. The lowest BCUT2D eigenvalue weighted by Crippen LogP contribution is -2.40. The Morgan fingerprint density at radius 3 is 2.18 bits per heavy atom. The number of aryl methyl sites for hydroxylation is 1. The molecule has 3 aromatic carbocycles. The summed E-state index contributed by atoms with van der Waals surface area (Å²) in [5.41, 5.74) is 2.23. The molecule has 3 rings (SSSR count). The summed E-state index contributed by atoms with van der Waals surface area (Å²) in [6, 6.07) is 20.6. The van der Waals surface area contributed by atoms with E-state index in [0.717, 1.165) is 15.4 Å². The first-order valence-corrected chi connectivity index (χ1v) is 12.6. The Bertz CT molecular complexity index is 1200. The standard InChI is InChI=1S/C26H30N2O5S/c1-4-32-24-16-13-21(17-25(24)33-5-2)18-27-26(29)19-28(22-14-11-20(3)12-15-22)34(30,31)23-9-7-6-8-10-23/h6-17H,4-5,18-19H2,1-3H3,(H,27,29). The predicted octanol–water partition coefficient (Wildman–Crippen LogP) is 4.30. The molecule has 0 unspecified atom stereocenters. The number of hydrogen-bond donors (Lipinski definition) is 1. The molecule has 0 heterocycles. The fourth-order valence-corrected chi connectivity index (χ4v) is 4.78. The summed E-state index contributed by atoms with van der Waals surface area (Å²) in [6.07, 6.45) is 0. The second kappa shape index (κ2) is 11.6. The van der Waals surface area contributed by atoms with E-state index in [0.29, 0.717) is 30.4 Å². The third-order valence-electron chi connectivity index (χ3n) is 5.04. The molecule has 0 bridgehead atoms. The van der Waals surface area contributed by atoms with Crippen LogP contribution in [0.3, 0.4) is 0 Å². The topological polar surface area (TPSA) is 84.9 Å². The van der Waals surface area contributed by atoms with Crippen LogP contribution in [0.1, 0.15) is 25.0 Å². The third kappa shape index (κ3) is 6.29. The fraction of sp³-hybridized carbons (Fsp3) is 0.269. The average molecular weight is 483 g/mol. The van der Waals surface area contributed by atoms with Crippen LogP contribution in [0.4, 0.5) is 5.69 Å². The Balaban J connectivity index is 1.79. The average Bonchev–Trinajstić information content (AvgIpc) is 2.84. The quantitative estimate of drug-likeness (QED) is 0.440. The van der Waals surface area contributed by atoms with Crippen LogP contribution in [0.2, 0.25) is 0 Å². The Morgan fingerprint density at radius 2 is 1.53 bits per heavy atom. The molecule has 7 nitrogen and oxygen atoms in total. The van der Waals surface area contributed by atoms with Crippen molar-refractivity contribution in [3.63, 3.8) is 0 Å². The van der Waals surface area contributed by atoms with E-state index in [1.807, 2.05) is 45.0 Å². The molecule has 0 radical (unpaired) electrons. The second-order valence-electron chi connectivity index (χ2n) is 7.58. The van der Waals surface area contributed by atoms with Crippen molar-refractivity contribution in [3.05, 3.63) is 83.9 Å². The van der Waals surface area contributed by atoms with Crippen LogP contribution in [0.15, 0.2) is 77.7 Å². The van der Waals surface area contributed by atoms with E-state index in [1.54, 1.807) is 36.4 Å². The van der Waals surface area contributed by atoms with Crippen molar-refractivity contribution in [2.24, 2.45) is 0 Å². The molecule has 0 aromatic heterocycles. The molecular formula is C26H30N2O5S. The minimum absolute atomic E-state index is 0.122. The van der Waals surface area contributed by atoms with E-state index < -0.39 is 15.9 Å². The van der Waals surface area contributed by atoms with E-state index in [9.17, 15) is 13.2 Å². The summed E-state index contributed by atoms with van der Waals surface area (Å²) in [5, 5.41) is 2.81. The number of nitrogens with one attached hydrogen (secondary N) is 1. The molecule has 0 saturated carbocycles. The van der Waals surface area contributed by atoms with Crippen LogP contribution in [0.25, 0.3) is 0 Å². The Labute approximate surface area is 201 Å². The van der Waals surface area contributed by atoms with Gasteiger partial charge in [-0.15, -0.1) is 0 Å². The van der Waals surface area contributed by atoms with Crippen molar-refractivity contribution in [1.82, 2.24) is 5.32 Å². The lowest BCUT2D eigenvalue weighted by atomic mass is 10.2. The predicted molar refractivity (Wildman–Crippen MR) is 133 cm³/mol. The first-order chi connectivity index (χ1) is 16.3. The summed E-state index contributed by atoms with van der Waals surface area (Å²) in [5.74, 6) is 0.815. The summed E-state index contributed by atoms with van der Waals surface area (Å²) < 4.78 is 39.1. The monoisotopic (exact) mass is 482 g/mol. The molecule has 0 aliphatic rings. The molecular weight excluding hydrogens is 452 g/mol. The van der Waals surface area contributed by atoms with E-state index in [1.165, 1.54) is 12.1 Å². The molecule has 0 saturated heterocycles. The summed E-state index contributed by atoms with van der Waals surface area (Å²) in [4.78, 5) is 13.0. The third-order valence-corrected chi connectivity index (χ3v) is 6.83. The molecule has 1 amide bonds. The normalized spacial score (nSPS) is 11.0. The molecule has 0 aliphatic heterocycles. The number of nitrogens with zero attached hydrogens (tertiary/aromatic N) is 1. The van der Waals surface area contributed by atoms with Crippen molar-refractivity contribution in [2.75, 3.05) is 24.1 Å². The van der Waals surface area contributed by atoms with Gasteiger partial charge in [0.2, 0.25) is 5.91 Å². The molecule has 3 aromatic rings. The fourth-order valence-electron chi connectivity index (χ4n) is 3.34. The molecule has 0 atom stereocenters. The minimum Gasteiger partial charge on any atom is -0.490 e. The molecule has 0 aliphatic carbocycles. The molecule has 0 fully saturated rings. The van der Waals surface area contributed by atoms with Crippen LogP contribution in [-0.4, -0.2) is 34.1 Å². The first kappa shape index (κ1) is 25.1. The largest absolute Gasteiger partial charge is 0.490 e. The van der Waals surface area contributed by atoms with Gasteiger partial charge in [0.1, 0.15) is 6.54 Å². The van der Waals surface area contributed by atoms with Gasteiger partial charge < -0.3 is 14.8 Å². The number of benzene rings is 3. The summed E-state index contributed by atoms with van der Waals surface area (Å²) in [7, 11) is -3.94. The number of rotatable bonds is 11. The summed E-state index contributed by atoms with van der Waals surface area (Å²) in [6.45, 7) is 6.57. The highest BCUT2D eigenvalue weighted by atomic mass is 32.2. The number of amides is 1. The zero-order valence-electron chi connectivity index (χ0n) is 19.7. The Morgan fingerprint density at radius 1 is 0.882 bits per heavy atom. The smallest absolute Gasteiger partial charge is 0.264 e. The van der Waals surface area contributed by atoms with Crippen LogP contribution < -0.4 is 19.1 Å². The van der Waals surface area contributed by atoms with Gasteiger partial charge in [0, 0.05) is 6.54 Å². The van der Waals surface area contributed by atoms with Gasteiger partial charge >= 0.3 is 0 Å². The highest BCUT2D eigenvalue weighted by Crippen LogP contribution is 2.28. The van der Waals surface area contributed by atoms with Crippen molar-refractivity contribution < 1.29 is 22.7 Å². The van der Waals surface area contributed by atoms with E-state index in [-0.39, 0.29) is 18.0 Å². The van der Waals surface area contributed by atoms with Gasteiger partial charge in [0.15, 0.2) is 11.5 Å². The SMILES string of the molecule is CCOc1ccc(CNC(=O)CN(c2ccc(C)cc2)S(=O)(=O)c2ccccc2)cc1OCC. The van der Waals surface area contributed by atoms with E-state index >= 15 is 0 Å². The Hall–Kier alpha value is -3.52. The van der Waals surface area contributed by atoms with E-state index in [4.69, 9.17) is 9.47 Å². The van der Waals surface area contributed by atoms with E-state index in [2.05, 4.69) is 5.32 Å². The van der Waals surface area contributed by atoms with Gasteiger partial charge in [0.05, 0.1) is 23.8 Å². The lowest BCUT2D eigenvalue weighted by Gasteiger charge is -2.24. The summed E-state index contributed by atoms with van der Waals surface area (Å²) >= 11 is 0. The number of carbonyl (C=O) groups is 1.